The highest BCUT2D eigenvalue weighted by molar-refractivity contribution is 5.96. The van der Waals surface area contributed by atoms with Crippen molar-refractivity contribution in [3.8, 4) is 0 Å². The minimum absolute atomic E-state index is 0.0628. The van der Waals surface area contributed by atoms with Gasteiger partial charge in [0.1, 0.15) is 5.82 Å². The molecule has 108 valence electrons. The Kier molecular flexibility index (Phi) is 3.60. The van der Waals surface area contributed by atoms with Crippen LogP contribution < -0.4 is 10.2 Å². The summed E-state index contributed by atoms with van der Waals surface area (Å²) in [6.07, 6.45) is 1.20. The number of para-hydroxylation sites is 1. The van der Waals surface area contributed by atoms with Gasteiger partial charge in [-0.15, -0.1) is 0 Å². The van der Waals surface area contributed by atoms with E-state index in [0.29, 0.717) is 17.7 Å². The van der Waals surface area contributed by atoms with Gasteiger partial charge in [-0.05, 0) is 43.2 Å². The second-order valence-electron chi connectivity index (χ2n) is 5.26. The highest BCUT2D eigenvalue weighted by Crippen LogP contribution is 2.35. The fourth-order valence-corrected chi connectivity index (χ4v) is 2.60. The third kappa shape index (κ3) is 2.75. The molecule has 0 aromatic heterocycles. The minimum atomic E-state index is -0.303. The van der Waals surface area contributed by atoms with Gasteiger partial charge < -0.3 is 10.2 Å². The van der Waals surface area contributed by atoms with E-state index in [1.807, 2.05) is 30.3 Å². The molecule has 1 aliphatic rings. The monoisotopic (exact) mass is 284 g/mol. The summed E-state index contributed by atoms with van der Waals surface area (Å²) in [6, 6.07) is 13.2. The molecule has 3 rings (SSSR count). The third-order valence-corrected chi connectivity index (χ3v) is 3.70. The molecule has 1 aliphatic heterocycles. The van der Waals surface area contributed by atoms with Gasteiger partial charge in [-0.3, -0.25) is 4.79 Å². The number of anilines is 3. The molecule has 0 fully saturated rings. The van der Waals surface area contributed by atoms with Crippen LogP contribution in [-0.4, -0.2) is 12.5 Å². The lowest BCUT2D eigenvalue weighted by atomic mass is 10.1. The molecule has 21 heavy (non-hydrogen) atoms. The van der Waals surface area contributed by atoms with E-state index in [4.69, 9.17) is 0 Å². The predicted octanol–water partition coefficient (Wildman–Crippen LogP) is 4.00. The van der Waals surface area contributed by atoms with Gasteiger partial charge in [-0.25, -0.2) is 4.39 Å². The highest BCUT2D eigenvalue weighted by atomic mass is 19.1. The molecular formula is C17H17FN2O. The smallest absolute Gasteiger partial charge is 0.224 e. The van der Waals surface area contributed by atoms with Gasteiger partial charge >= 0.3 is 0 Å². The Balaban J connectivity index is 2.13. The van der Waals surface area contributed by atoms with Crippen molar-refractivity contribution in [2.45, 2.75) is 19.8 Å². The van der Waals surface area contributed by atoms with Crippen molar-refractivity contribution < 1.29 is 9.18 Å². The van der Waals surface area contributed by atoms with Gasteiger partial charge in [0.2, 0.25) is 5.91 Å². The van der Waals surface area contributed by atoms with Crippen LogP contribution in [0.3, 0.4) is 0 Å². The standard InChI is InChI=1S/C17H17FN2O/c1-12-10-16-15(11-14(12)18)19-17(21)8-5-9-20(16)13-6-3-2-4-7-13/h2-4,6-7,10-11H,5,8-9H2,1H3,(H,19,21). The fourth-order valence-electron chi connectivity index (χ4n) is 2.60. The Hall–Kier alpha value is -2.36. The van der Waals surface area contributed by atoms with E-state index >= 15 is 0 Å². The van der Waals surface area contributed by atoms with Crippen LogP contribution in [0.5, 0.6) is 0 Å². The summed E-state index contributed by atoms with van der Waals surface area (Å²) in [7, 11) is 0. The van der Waals surface area contributed by atoms with Crippen molar-refractivity contribution >= 4 is 23.0 Å². The number of amides is 1. The first-order valence-electron chi connectivity index (χ1n) is 7.08. The van der Waals surface area contributed by atoms with Gasteiger partial charge in [0, 0.05) is 18.7 Å². The van der Waals surface area contributed by atoms with Crippen LogP contribution in [0.1, 0.15) is 18.4 Å². The molecule has 0 bridgehead atoms. The summed E-state index contributed by atoms with van der Waals surface area (Å²) in [5.41, 5.74) is 2.99. The molecule has 1 heterocycles. The Labute approximate surface area is 123 Å². The maximum atomic E-state index is 13.8. The van der Waals surface area contributed by atoms with E-state index in [0.717, 1.165) is 24.3 Å². The number of fused-ring (bicyclic) bond motifs is 1. The molecular weight excluding hydrogens is 267 g/mol. The summed E-state index contributed by atoms with van der Waals surface area (Å²) in [5, 5.41) is 2.81. The molecule has 0 atom stereocenters. The molecule has 0 radical (unpaired) electrons. The molecule has 0 saturated heterocycles. The van der Waals surface area contributed by atoms with E-state index in [9.17, 15) is 9.18 Å². The largest absolute Gasteiger partial charge is 0.340 e. The lowest BCUT2D eigenvalue weighted by molar-refractivity contribution is -0.116. The van der Waals surface area contributed by atoms with E-state index in [1.165, 1.54) is 6.07 Å². The van der Waals surface area contributed by atoms with Gasteiger partial charge in [0.15, 0.2) is 0 Å². The van der Waals surface area contributed by atoms with E-state index < -0.39 is 0 Å². The lowest BCUT2D eigenvalue weighted by Gasteiger charge is -2.29. The quantitative estimate of drug-likeness (QED) is 0.858. The second-order valence-corrected chi connectivity index (χ2v) is 5.26. The number of nitrogens with one attached hydrogen (secondary N) is 1. The van der Waals surface area contributed by atoms with Crippen molar-refractivity contribution in [2.75, 3.05) is 16.8 Å². The van der Waals surface area contributed by atoms with Crippen molar-refractivity contribution in [1.82, 2.24) is 0 Å². The first kappa shape index (κ1) is 13.6. The van der Waals surface area contributed by atoms with Crippen LogP contribution in [0.15, 0.2) is 42.5 Å². The number of carbonyl (C=O) groups excluding carboxylic acids is 1. The van der Waals surface area contributed by atoms with E-state index in [2.05, 4.69) is 10.2 Å². The molecule has 0 aliphatic carbocycles. The first-order chi connectivity index (χ1) is 10.1. The third-order valence-electron chi connectivity index (χ3n) is 3.70. The predicted molar refractivity (Wildman–Crippen MR) is 82.4 cm³/mol. The molecule has 2 aromatic rings. The Morgan fingerprint density at radius 2 is 1.95 bits per heavy atom. The molecule has 4 heteroatoms. The topological polar surface area (TPSA) is 32.3 Å². The summed E-state index contributed by atoms with van der Waals surface area (Å²) in [6.45, 7) is 2.47. The van der Waals surface area contributed by atoms with Gasteiger partial charge in [0.25, 0.3) is 0 Å². The highest BCUT2D eigenvalue weighted by Gasteiger charge is 2.20. The molecule has 1 N–H and O–H groups in total. The lowest BCUT2D eigenvalue weighted by Crippen LogP contribution is -2.26. The number of benzene rings is 2. The summed E-state index contributed by atoms with van der Waals surface area (Å²) in [5.74, 6) is -0.366. The molecule has 3 nitrogen and oxygen atoms in total. The van der Waals surface area contributed by atoms with E-state index in [1.54, 1.807) is 13.0 Å². The second kappa shape index (κ2) is 5.56. The van der Waals surface area contributed by atoms with Crippen molar-refractivity contribution in [1.29, 1.82) is 0 Å². The zero-order valence-electron chi connectivity index (χ0n) is 11.9. The summed E-state index contributed by atoms with van der Waals surface area (Å²) in [4.78, 5) is 13.9. The number of aryl methyl sites for hydroxylation is 1. The maximum absolute atomic E-state index is 13.8. The number of carbonyl (C=O) groups is 1. The summed E-state index contributed by atoms with van der Waals surface area (Å²) >= 11 is 0. The normalized spacial score (nSPS) is 15.0. The molecule has 0 spiro atoms. The number of hydrogen-bond donors (Lipinski definition) is 1. The zero-order chi connectivity index (χ0) is 14.8. The molecule has 2 aromatic carbocycles. The SMILES string of the molecule is Cc1cc2c(cc1F)NC(=O)CCCN2c1ccccc1. The first-order valence-corrected chi connectivity index (χ1v) is 7.08. The average Bonchev–Trinajstić information content (AvgIpc) is 2.47. The van der Waals surface area contributed by atoms with Crippen LogP contribution >= 0.6 is 0 Å². The van der Waals surface area contributed by atoms with Gasteiger partial charge in [-0.1, -0.05) is 18.2 Å². The van der Waals surface area contributed by atoms with Gasteiger partial charge in [0.05, 0.1) is 11.4 Å². The number of hydrogen-bond acceptors (Lipinski definition) is 2. The maximum Gasteiger partial charge on any atom is 0.224 e. The summed E-state index contributed by atoms with van der Waals surface area (Å²) < 4.78 is 13.8. The fraction of sp³-hybridized carbons (Fsp3) is 0.235. The molecule has 0 saturated carbocycles. The van der Waals surface area contributed by atoms with Crippen LogP contribution in [0.25, 0.3) is 0 Å². The van der Waals surface area contributed by atoms with Crippen molar-refractivity contribution in [2.24, 2.45) is 0 Å². The molecule has 1 amide bonds. The van der Waals surface area contributed by atoms with Crippen molar-refractivity contribution in [3.63, 3.8) is 0 Å². The van der Waals surface area contributed by atoms with Crippen LogP contribution in [0.2, 0.25) is 0 Å². The van der Waals surface area contributed by atoms with E-state index in [-0.39, 0.29) is 11.7 Å². The number of nitrogens with zero attached hydrogens (tertiary/aromatic N) is 1. The Bertz CT molecular complexity index is 670. The van der Waals surface area contributed by atoms with Crippen LogP contribution in [-0.2, 0) is 4.79 Å². The van der Waals surface area contributed by atoms with Crippen molar-refractivity contribution in [3.05, 3.63) is 53.8 Å². The molecule has 0 unspecified atom stereocenters. The minimum Gasteiger partial charge on any atom is -0.340 e. The Morgan fingerprint density at radius 1 is 1.19 bits per heavy atom. The van der Waals surface area contributed by atoms with Gasteiger partial charge in [-0.2, -0.15) is 0 Å². The number of halogens is 1. The Morgan fingerprint density at radius 3 is 2.71 bits per heavy atom. The van der Waals surface area contributed by atoms with Crippen LogP contribution in [0, 0.1) is 12.7 Å². The number of rotatable bonds is 1. The van der Waals surface area contributed by atoms with Crippen LogP contribution in [0.4, 0.5) is 21.5 Å². The average molecular weight is 284 g/mol. The zero-order valence-corrected chi connectivity index (χ0v) is 11.9.